The Kier molecular flexibility index (Phi) is 8.94. The quantitative estimate of drug-likeness (QED) is 0.198. The van der Waals surface area contributed by atoms with E-state index in [1.54, 1.807) is 30.2 Å². The van der Waals surface area contributed by atoms with Gasteiger partial charge in [-0.1, -0.05) is 66.7 Å². The van der Waals surface area contributed by atoms with Gasteiger partial charge in [0.1, 0.15) is 18.5 Å². The Balaban J connectivity index is 0.00000306. The molecule has 1 aromatic heterocycles. The highest BCUT2D eigenvalue weighted by molar-refractivity contribution is 14.0. The molecule has 0 saturated heterocycles. The van der Waals surface area contributed by atoms with Crippen molar-refractivity contribution in [3.8, 4) is 11.1 Å². The fourth-order valence-electron chi connectivity index (χ4n) is 3.47. The third-order valence-corrected chi connectivity index (χ3v) is 5.17. The molecule has 2 N–H and O–H groups in total. The van der Waals surface area contributed by atoms with Crippen LogP contribution in [0.4, 0.5) is 4.39 Å². The van der Waals surface area contributed by atoms with Gasteiger partial charge < -0.3 is 10.6 Å². The first kappa shape index (κ1) is 24.4. The minimum Gasteiger partial charge on any atom is -0.352 e. The van der Waals surface area contributed by atoms with E-state index < -0.39 is 0 Å². The van der Waals surface area contributed by atoms with Gasteiger partial charge in [0, 0.05) is 25.7 Å². The number of halogens is 2. The molecular formula is C25H26FIN6. The summed E-state index contributed by atoms with van der Waals surface area (Å²) in [5.74, 6) is 0.388. The van der Waals surface area contributed by atoms with Gasteiger partial charge in [0.25, 0.3) is 0 Å². The molecule has 0 bridgehead atoms. The molecule has 8 heteroatoms. The number of aromatic nitrogens is 3. The van der Waals surface area contributed by atoms with Gasteiger partial charge in [0.2, 0.25) is 0 Å². The van der Waals surface area contributed by atoms with E-state index in [0.29, 0.717) is 31.2 Å². The molecule has 0 aliphatic carbocycles. The molecule has 170 valence electrons. The minimum atomic E-state index is -0.229. The molecule has 3 aromatic carbocycles. The second kappa shape index (κ2) is 12.1. The summed E-state index contributed by atoms with van der Waals surface area (Å²) in [6.07, 6.45) is 3.25. The van der Waals surface area contributed by atoms with Crippen molar-refractivity contribution < 1.29 is 4.39 Å². The van der Waals surface area contributed by atoms with Crippen molar-refractivity contribution in [1.82, 2.24) is 25.4 Å². The van der Waals surface area contributed by atoms with Crippen LogP contribution >= 0.6 is 24.0 Å². The Morgan fingerprint density at radius 1 is 0.909 bits per heavy atom. The van der Waals surface area contributed by atoms with Crippen molar-refractivity contribution in [2.45, 2.75) is 19.6 Å². The van der Waals surface area contributed by atoms with Crippen molar-refractivity contribution in [1.29, 1.82) is 0 Å². The van der Waals surface area contributed by atoms with E-state index >= 15 is 0 Å². The van der Waals surface area contributed by atoms with Crippen LogP contribution < -0.4 is 10.6 Å². The lowest BCUT2D eigenvalue weighted by Crippen LogP contribution is -2.36. The first-order valence-corrected chi connectivity index (χ1v) is 10.4. The van der Waals surface area contributed by atoms with Crippen molar-refractivity contribution in [2.75, 3.05) is 7.05 Å². The highest BCUT2D eigenvalue weighted by Gasteiger charge is 2.07. The maximum Gasteiger partial charge on any atom is 0.191 e. The molecule has 0 aliphatic rings. The third kappa shape index (κ3) is 6.61. The molecule has 4 aromatic rings. The SMILES string of the molecule is CN=C(NCc1ccccc1F)NCc1ccccc1-c1ccc(Cn2cncn2)cc1.I. The van der Waals surface area contributed by atoms with E-state index in [9.17, 15) is 4.39 Å². The summed E-state index contributed by atoms with van der Waals surface area (Å²) in [6.45, 7) is 1.64. The molecule has 0 fully saturated rings. The van der Waals surface area contributed by atoms with E-state index in [1.165, 1.54) is 12.4 Å². The fraction of sp³-hybridized carbons (Fsp3) is 0.160. The number of guanidine groups is 1. The first-order valence-electron chi connectivity index (χ1n) is 10.4. The number of rotatable bonds is 7. The Bertz CT molecular complexity index is 1180. The zero-order chi connectivity index (χ0) is 22.2. The Hall–Kier alpha value is -3.27. The molecule has 33 heavy (non-hydrogen) atoms. The number of nitrogens with one attached hydrogen (secondary N) is 2. The van der Waals surface area contributed by atoms with Crippen LogP contribution in [0.2, 0.25) is 0 Å². The van der Waals surface area contributed by atoms with Gasteiger partial charge in [-0.3, -0.25) is 4.99 Å². The van der Waals surface area contributed by atoms with Crippen LogP contribution in [0.25, 0.3) is 11.1 Å². The number of hydrogen-bond donors (Lipinski definition) is 2. The molecule has 0 amide bonds. The van der Waals surface area contributed by atoms with Crippen LogP contribution in [-0.2, 0) is 19.6 Å². The van der Waals surface area contributed by atoms with Gasteiger partial charge in [-0.2, -0.15) is 5.10 Å². The second-order valence-corrected chi connectivity index (χ2v) is 7.32. The summed E-state index contributed by atoms with van der Waals surface area (Å²) in [4.78, 5) is 8.24. The zero-order valence-electron chi connectivity index (χ0n) is 18.3. The average Bonchev–Trinajstić information content (AvgIpc) is 3.34. The van der Waals surface area contributed by atoms with Gasteiger partial charge in [-0.25, -0.2) is 14.1 Å². The fourth-order valence-corrected chi connectivity index (χ4v) is 3.47. The minimum absolute atomic E-state index is 0. The lowest BCUT2D eigenvalue weighted by atomic mass is 9.98. The number of hydrogen-bond acceptors (Lipinski definition) is 3. The highest BCUT2D eigenvalue weighted by atomic mass is 127. The van der Waals surface area contributed by atoms with Gasteiger partial charge >= 0.3 is 0 Å². The smallest absolute Gasteiger partial charge is 0.191 e. The Morgan fingerprint density at radius 2 is 1.58 bits per heavy atom. The highest BCUT2D eigenvalue weighted by Crippen LogP contribution is 2.24. The molecule has 1 heterocycles. The molecule has 0 radical (unpaired) electrons. The summed E-state index contributed by atoms with van der Waals surface area (Å²) in [7, 11) is 1.70. The van der Waals surface area contributed by atoms with Crippen LogP contribution in [-0.4, -0.2) is 27.8 Å². The molecule has 0 aliphatic heterocycles. The molecule has 0 atom stereocenters. The van der Waals surface area contributed by atoms with Crippen LogP contribution in [0, 0.1) is 5.82 Å². The van der Waals surface area contributed by atoms with Crippen molar-refractivity contribution in [2.24, 2.45) is 4.99 Å². The van der Waals surface area contributed by atoms with Gasteiger partial charge in [0.05, 0.1) is 6.54 Å². The van der Waals surface area contributed by atoms with Crippen molar-refractivity contribution in [3.05, 3.63) is 108 Å². The topological polar surface area (TPSA) is 67.1 Å². The number of benzene rings is 3. The normalized spacial score (nSPS) is 11.0. The van der Waals surface area contributed by atoms with Crippen LogP contribution in [0.15, 0.2) is 90.4 Å². The number of aliphatic imine (C=N–C) groups is 1. The number of nitrogens with zero attached hydrogens (tertiary/aromatic N) is 4. The summed E-state index contributed by atoms with van der Waals surface area (Å²) < 4.78 is 15.7. The molecule has 6 nitrogen and oxygen atoms in total. The van der Waals surface area contributed by atoms with E-state index in [-0.39, 0.29) is 29.8 Å². The molecule has 0 saturated carbocycles. The molecule has 0 spiro atoms. The summed E-state index contributed by atoms with van der Waals surface area (Å²) >= 11 is 0. The van der Waals surface area contributed by atoms with Crippen molar-refractivity contribution in [3.63, 3.8) is 0 Å². The lowest BCUT2D eigenvalue weighted by Gasteiger charge is -2.15. The van der Waals surface area contributed by atoms with E-state index in [0.717, 1.165) is 22.3 Å². The van der Waals surface area contributed by atoms with Crippen molar-refractivity contribution >= 4 is 29.9 Å². The predicted octanol–water partition coefficient (Wildman–Crippen LogP) is 4.62. The summed E-state index contributed by atoms with van der Waals surface area (Å²) in [5, 5.41) is 10.6. The van der Waals surface area contributed by atoms with Gasteiger partial charge in [-0.15, -0.1) is 24.0 Å². The van der Waals surface area contributed by atoms with E-state index in [2.05, 4.69) is 62.1 Å². The molecule has 0 unspecified atom stereocenters. The van der Waals surface area contributed by atoms with Gasteiger partial charge in [0.15, 0.2) is 5.96 Å². The van der Waals surface area contributed by atoms with Crippen LogP contribution in [0.3, 0.4) is 0 Å². The standard InChI is InChI=1S/C25H25FN6.HI/c1-27-25(30-15-22-7-3-5-9-24(22)26)29-14-21-6-2-4-8-23(21)20-12-10-19(11-13-20)16-32-18-28-17-31-32;/h2-13,17-18H,14-16H2,1H3,(H2,27,29,30);1H. The van der Waals surface area contributed by atoms with Crippen LogP contribution in [0.1, 0.15) is 16.7 Å². The molecule has 4 rings (SSSR count). The van der Waals surface area contributed by atoms with E-state index in [1.807, 2.05) is 18.2 Å². The maximum atomic E-state index is 13.9. The van der Waals surface area contributed by atoms with E-state index in [4.69, 9.17) is 0 Å². The Labute approximate surface area is 210 Å². The summed E-state index contributed by atoms with van der Waals surface area (Å²) in [6, 6.07) is 23.4. The first-order chi connectivity index (χ1) is 15.7. The predicted molar refractivity (Wildman–Crippen MR) is 140 cm³/mol. The third-order valence-electron chi connectivity index (χ3n) is 5.17. The average molecular weight is 556 g/mol. The second-order valence-electron chi connectivity index (χ2n) is 7.32. The monoisotopic (exact) mass is 556 g/mol. The van der Waals surface area contributed by atoms with Crippen LogP contribution in [0.5, 0.6) is 0 Å². The molecular weight excluding hydrogens is 530 g/mol. The summed E-state index contributed by atoms with van der Waals surface area (Å²) in [5.41, 5.74) is 5.19. The lowest BCUT2D eigenvalue weighted by molar-refractivity contribution is 0.604. The Morgan fingerprint density at radius 3 is 2.24 bits per heavy atom. The largest absolute Gasteiger partial charge is 0.352 e. The zero-order valence-corrected chi connectivity index (χ0v) is 20.6. The maximum absolute atomic E-state index is 13.9. The van der Waals surface area contributed by atoms with Gasteiger partial charge in [-0.05, 0) is 28.3 Å².